The maximum Gasteiger partial charge on any atom is 0.119 e. The highest BCUT2D eigenvalue weighted by atomic mass is 16.5. The highest BCUT2D eigenvalue weighted by Gasteiger charge is 2.12. The Morgan fingerprint density at radius 3 is 2.84 bits per heavy atom. The molecule has 4 rings (SSSR count). The van der Waals surface area contributed by atoms with Gasteiger partial charge in [0, 0.05) is 29.4 Å². The van der Waals surface area contributed by atoms with Gasteiger partial charge in [-0.05, 0) is 30.3 Å². The van der Waals surface area contributed by atoms with Crippen molar-refractivity contribution in [1.82, 2.24) is 14.8 Å². The number of nitrogens with zero attached hydrogens (tertiary/aromatic N) is 2. The van der Waals surface area contributed by atoms with Crippen molar-refractivity contribution in [2.75, 3.05) is 7.11 Å². The SMILES string of the molecule is COc1ccc2nc3ccc4c[nH]n(C)c4c3c2c1. The van der Waals surface area contributed by atoms with Gasteiger partial charge in [0.05, 0.1) is 23.7 Å². The topological polar surface area (TPSA) is 42.8 Å². The lowest BCUT2D eigenvalue weighted by atomic mass is 10.1. The summed E-state index contributed by atoms with van der Waals surface area (Å²) in [4.78, 5) is 4.68. The Morgan fingerprint density at radius 2 is 2.00 bits per heavy atom. The molecule has 2 aromatic heterocycles. The van der Waals surface area contributed by atoms with E-state index in [0.717, 1.165) is 22.2 Å². The Bertz CT molecular complexity index is 917. The number of nitrogens with one attached hydrogen (secondary N) is 1. The molecule has 0 fully saturated rings. The molecule has 0 aliphatic heterocycles. The van der Waals surface area contributed by atoms with Gasteiger partial charge in [0.1, 0.15) is 5.75 Å². The average Bonchev–Trinajstić information content (AvgIpc) is 2.98. The molecule has 0 saturated carbocycles. The number of rotatable bonds is 1. The summed E-state index contributed by atoms with van der Waals surface area (Å²) in [6.07, 6.45) is 2.01. The molecule has 0 unspecified atom stereocenters. The smallest absolute Gasteiger partial charge is 0.119 e. The van der Waals surface area contributed by atoms with Crippen LogP contribution in [0.5, 0.6) is 5.75 Å². The summed E-state index contributed by atoms with van der Waals surface area (Å²) >= 11 is 0. The summed E-state index contributed by atoms with van der Waals surface area (Å²) in [7, 11) is 3.70. The van der Waals surface area contributed by atoms with Crippen molar-refractivity contribution in [3.8, 4) is 5.75 Å². The van der Waals surface area contributed by atoms with E-state index in [-0.39, 0.29) is 0 Å². The summed E-state index contributed by atoms with van der Waals surface area (Å²) in [5, 5.41) is 6.71. The minimum absolute atomic E-state index is 0.858. The number of benzene rings is 2. The minimum atomic E-state index is 0.858. The highest BCUT2D eigenvalue weighted by molar-refractivity contribution is 6.19. The van der Waals surface area contributed by atoms with E-state index in [0.29, 0.717) is 0 Å². The normalized spacial score (nSPS) is 11.7. The van der Waals surface area contributed by atoms with Crippen LogP contribution in [0.25, 0.3) is 32.7 Å². The van der Waals surface area contributed by atoms with E-state index in [1.54, 1.807) is 7.11 Å². The van der Waals surface area contributed by atoms with E-state index < -0.39 is 0 Å². The first-order valence-electron chi connectivity index (χ1n) is 6.18. The van der Waals surface area contributed by atoms with E-state index in [9.17, 15) is 0 Å². The van der Waals surface area contributed by atoms with E-state index in [1.807, 2.05) is 30.1 Å². The lowest BCUT2D eigenvalue weighted by molar-refractivity contribution is 0.415. The van der Waals surface area contributed by atoms with Crippen LogP contribution in [0.2, 0.25) is 0 Å². The molecule has 2 aromatic carbocycles. The maximum atomic E-state index is 5.32. The molecule has 1 N–H and O–H groups in total. The van der Waals surface area contributed by atoms with Crippen molar-refractivity contribution in [2.45, 2.75) is 0 Å². The van der Waals surface area contributed by atoms with E-state index in [2.05, 4.69) is 28.3 Å². The Labute approximate surface area is 109 Å². The summed E-state index contributed by atoms with van der Waals surface area (Å²) in [6, 6.07) is 10.2. The molecule has 0 aliphatic carbocycles. The van der Waals surface area contributed by atoms with Crippen LogP contribution in [0.15, 0.2) is 36.5 Å². The lowest BCUT2D eigenvalue weighted by Crippen LogP contribution is -1.89. The molecule has 0 aliphatic rings. The maximum absolute atomic E-state index is 5.32. The van der Waals surface area contributed by atoms with Crippen LogP contribution < -0.4 is 4.74 Å². The number of aryl methyl sites for hydroxylation is 1. The highest BCUT2D eigenvalue weighted by Crippen LogP contribution is 2.33. The molecule has 0 amide bonds. The van der Waals surface area contributed by atoms with Gasteiger partial charge in [0.2, 0.25) is 0 Å². The molecule has 0 atom stereocenters. The van der Waals surface area contributed by atoms with Gasteiger partial charge in [0.15, 0.2) is 0 Å². The Morgan fingerprint density at radius 1 is 1.16 bits per heavy atom. The predicted molar refractivity (Wildman–Crippen MR) is 76.6 cm³/mol. The minimum Gasteiger partial charge on any atom is -0.497 e. The molecule has 19 heavy (non-hydrogen) atoms. The number of aromatic nitrogens is 3. The molecular formula is C15H13N3O. The number of ether oxygens (including phenoxy) is 1. The van der Waals surface area contributed by atoms with E-state index >= 15 is 0 Å². The lowest BCUT2D eigenvalue weighted by Gasteiger charge is -2.00. The van der Waals surface area contributed by atoms with Gasteiger partial charge in [-0.25, -0.2) is 4.98 Å². The fraction of sp³-hybridized carbons (Fsp3) is 0.133. The van der Waals surface area contributed by atoms with Crippen molar-refractivity contribution in [3.05, 3.63) is 36.5 Å². The molecule has 4 aromatic rings. The zero-order valence-electron chi connectivity index (χ0n) is 10.8. The molecular weight excluding hydrogens is 238 g/mol. The first-order chi connectivity index (χ1) is 9.28. The van der Waals surface area contributed by atoms with Gasteiger partial charge in [-0.15, -0.1) is 0 Å². The molecule has 2 heterocycles. The molecule has 0 spiro atoms. The molecule has 4 heteroatoms. The first kappa shape index (κ1) is 10.4. The molecule has 0 bridgehead atoms. The largest absolute Gasteiger partial charge is 0.497 e. The Kier molecular flexibility index (Phi) is 1.93. The number of hydrogen-bond acceptors (Lipinski definition) is 2. The first-order valence-corrected chi connectivity index (χ1v) is 6.18. The molecule has 4 nitrogen and oxygen atoms in total. The molecule has 0 saturated heterocycles. The van der Waals surface area contributed by atoms with Crippen molar-refractivity contribution in [3.63, 3.8) is 0 Å². The van der Waals surface area contributed by atoms with Gasteiger partial charge in [0.25, 0.3) is 0 Å². The van der Waals surface area contributed by atoms with Gasteiger partial charge in [-0.3, -0.25) is 4.68 Å². The monoisotopic (exact) mass is 251 g/mol. The van der Waals surface area contributed by atoms with Crippen LogP contribution in [0.3, 0.4) is 0 Å². The zero-order valence-corrected chi connectivity index (χ0v) is 10.8. The predicted octanol–water partition coefficient (Wildman–Crippen LogP) is 3.22. The van der Waals surface area contributed by atoms with E-state index in [4.69, 9.17) is 4.74 Å². The van der Waals surface area contributed by atoms with E-state index in [1.165, 1.54) is 16.3 Å². The Hall–Kier alpha value is -2.49. The van der Waals surface area contributed by atoms with Crippen LogP contribution in [-0.4, -0.2) is 21.9 Å². The quantitative estimate of drug-likeness (QED) is 0.564. The van der Waals surface area contributed by atoms with Gasteiger partial charge < -0.3 is 9.84 Å². The van der Waals surface area contributed by atoms with Crippen LogP contribution in [0.4, 0.5) is 0 Å². The Balaban J connectivity index is 2.29. The average molecular weight is 251 g/mol. The number of aromatic amines is 1. The third-order valence-electron chi connectivity index (χ3n) is 3.65. The number of methoxy groups -OCH3 is 1. The number of fused-ring (bicyclic) bond motifs is 5. The molecule has 94 valence electrons. The van der Waals surface area contributed by atoms with Crippen molar-refractivity contribution < 1.29 is 4.74 Å². The fourth-order valence-corrected chi connectivity index (χ4v) is 2.73. The van der Waals surface area contributed by atoms with Crippen molar-refractivity contribution in [2.24, 2.45) is 7.05 Å². The molecule has 0 radical (unpaired) electrons. The summed E-state index contributed by atoms with van der Waals surface area (Å²) in [6.45, 7) is 0. The van der Waals surface area contributed by atoms with Gasteiger partial charge >= 0.3 is 0 Å². The second-order valence-corrected chi connectivity index (χ2v) is 4.72. The summed E-state index contributed by atoms with van der Waals surface area (Å²) < 4.78 is 7.35. The zero-order chi connectivity index (χ0) is 13.0. The third kappa shape index (κ3) is 1.31. The number of hydrogen-bond donors (Lipinski definition) is 1. The number of H-pyrrole nitrogens is 1. The third-order valence-corrected chi connectivity index (χ3v) is 3.65. The second kappa shape index (κ2) is 3.51. The van der Waals surface area contributed by atoms with Crippen LogP contribution in [-0.2, 0) is 7.05 Å². The van der Waals surface area contributed by atoms with Crippen LogP contribution in [0.1, 0.15) is 0 Å². The van der Waals surface area contributed by atoms with Crippen LogP contribution >= 0.6 is 0 Å². The van der Waals surface area contributed by atoms with Crippen LogP contribution in [0, 0.1) is 0 Å². The fourth-order valence-electron chi connectivity index (χ4n) is 2.73. The standard InChI is InChI=1S/C15H13N3O/c1-18-15-9(8-16-18)3-5-13-14(15)11-7-10(19-2)4-6-12(11)17-13/h3-8,16H,1-2H3. The van der Waals surface area contributed by atoms with Crippen molar-refractivity contribution >= 4 is 32.7 Å². The van der Waals surface area contributed by atoms with Gasteiger partial charge in [-0.2, -0.15) is 0 Å². The summed E-state index contributed by atoms with van der Waals surface area (Å²) in [5.74, 6) is 0.858. The van der Waals surface area contributed by atoms with Gasteiger partial charge in [-0.1, -0.05) is 0 Å². The van der Waals surface area contributed by atoms with Crippen molar-refractivity contribution in [1.29, 1.82) is 0 Å². The second-order valence-electron chi connectivity index (χ2n) is 4.72. The summed E-state index contributed by atoms with van der Waals surface area (Å²) in [5.41, 5.74) is 3.20.